The van der Waals surface area contributed by atoms with Crippen LogP contribution in [0, 0.1) is 11.6 Å². The van der Waals surface area contributed by atoms with Crippen molar-refractivity contribution in [3.63, 3.8) is 0 Å². The fraction of sp³-hybridized carbons (Fsp3) is 0.625. The molecule has 0 heterocycles. The normalized spacial score (nSPS) is 12.9. The smallest absolute Gasteiger partial charge is 0.126 e. The fourth-order valence-corrected chi connectivity index (χ4v) is 2.39. The maximum absolute atomic E-state index is 13.3. The highest BCUT2D eigenvalue weighted by atomic mass is 19.1. The van der Waals surface area contributed by atoms with Crippen LogP contribution in [0.1, 0.15) is 37.3 Å². The molecule has 3 nitrogen and oxygen atoms in total. The molecule has 1 atom stereocenters. The molecule has 1 unspecified atom stereocenters. The number of hydrogen-bond acceptors (Lipinski definition) is 3. The highest BCUT2D eigenvalue weighted by molar-refractivity contribution is 5.21. The van der Waals surface area contributed by atoms with Gasteiger partial charge in [0.05, 0.1) is 0 Å². The molecule has 1 rings (SSSR count). The van der Waals surface area contributed by atoms with Crippen LogP contribution in [0.2, 0.25) is 0 Å². The second-order valence-electron chi connectivity index (χ2n) is 5.42. The third kappa shape index (κ3) is 6.98. The van der Waals surface area contributed by atoms with Crippen molar-refractivity contribution in [3.05, 3.63) is 35.4 Å². The number of rotatable bonds is 10. The van der Waals surface area contributed by atoms with E-state index in [1.807, 2.05) is 7.05 Å². The van der Waals surface area contributed by atoms with E-state index in [0.717, 1.165) is 44.8 Å². The quantitative estimate of drug-likeness (QED) is 0.652. The first-order chi connectivity index (χ1) is 10.1. The molecule has 0 saturated heterocycles. The van der Waals surface area contributed by atoms with Gasteiger partial charge in [-0.05, 0) is 70.6 Å². The lowest BCUT2D eigenvalue weighted by molar-refractivity contribution is 0.269. The molecule has 0 aliphatic heterocycles. The average Bonchev–Trinajstić information content (AvgIpc) is 2.43. The predicted octanol–water partition coefficient (Wildman–Crippen LogP) is 2.71. The zero-order chi connectivity index (χ0) is 15.7. The SMILES string of the molecule is CNC(CCN(C)CCCCCO)c1cc(F)cc(F)c1. The summed E-state index contributed by atoms with van der Waals surface area (Å²) in [5, 5.41) is 11.8. The van der Waals surface area contributed by atoms with Crippen molar-refractivity contribution in [2.75, 3.05) is 33.8 Å². The highest BCUT2D eigenvalue weighted by Gasteiger charge is 2.12. The molecule has 0 amide bonds. The van der Waals surface area contributed by atoms with E-state index >= 15 is 0 Å². The van der Waals surface area contributed by atoms with Crippen LogP contribution in [-0.2, 0) is 0 Å². The summed E-state index contributed by atoms with van der Waals surface area (Å²) in [6, 6.07) is 3.59. The van der Waals surface area contributed by atoms with Crippen LogP contribution in [0.4, 0.5) is 8.78 Å². The molecule has 0 spiro atoms. The third-order valence-corrected chi connectivity index (χ3v) is 3.63. The topological polar surface area (TPSA) is 35.5 Å². The van der Waals surface area contributed by atoms with Crippen LogP contribution in [0.15, 0.2) is 18.2 Å². The van der Waals surface area contributed by atoms with Crippen LogP contribution in [0.5, 0.6) is 0 Å². The Morgan fingerprint density at radius 2 is 1.76 bits per heavy atom. The summed E-state index contributed by atoms with van der Waals surface area (Å²) in [6.07, 6.45) is 3.70. The van der Waals surface area contributed by atoms with Gasteiger partial charge in [-0.3, -0.25) is 0 Å². The number of halogens is 2. The van der Waals surface area contributed by atoms with Gasteiger partial charge in [0.15, 0.2) is 0 Å². The summed E-state index contributed by atoms with van der Waals surface area (Å²) >= 11 is 0. The van der Waals surface area contributed by atoms with E-state index < -0.39 is 11.6 Å². The second kappa shape index (κ2) is 9.82. The molecule has 120 valence electrons. The van der Waals surface area contributed by atoms with Crippen molar-refractivity contribution in [1.29, 1.82) is 0 Å². The molecule has 5 heteroatoms. The molecule has 0 saturated carbocycles. The Morgan fingerprint density at radius 3 is 2.33 bits per heavy atom. The minimum atomic E-state index is -0.539. The zero-order valence-corrected chi connectivity index (χ0v) is 12.9. The highest BCUT2D eigenvalue weighted by Crippen LogP contribution is 2.19. The van der Waals surface area contributed by atoms with E-state index in [9.17, 15) is 8.78 Å². The Kier molecular flexibility index (Phi) is 8.42. The van der Waals surface area contributed by atoms with E-state index in [1.165, 1.54) is 12.1 Å². The summed E-state index contributed by atoms with van der Waals surface area (Å²) in [7, 11) is 3.84. The molecule has 0 radical (unpaired) electrons. The Labute approximate surface area is 126 Å². The monoisotopic (exact) mass is 300 g/mol. The van der Waals surface area contributed by atoms with Crippen molar-refractivity contribution in [1.82, 2.24) is 10.2 Å². The summed E-state index contributed by atoms with van der Waals surface area (Å²) in [5.41, 5.74) is 0.642. The van der Waals surface area contributed by atoms with Crippen molar-refractivity contribution in [2.24, 2.45) is 0 Å². The Balaban J connectivity index is 2.43. The van der Waals surface area contributed by atoms with Gasteiger partial charge in [0.1, 0.15) is 11.6 Å². The molecule has 1 aromatic rings. The fourth-order valence-electron chi connectivity index (χ4n) is 2.39. The Morgan fingerprint density at radius 1 is 1.10 bits per heavy atom. The van der Waals surface area contributed by atoms with Crippen LogP contribution < -0.4 is 5.32 Å². The third-order valence-electron chi connectivity index (χ3n) is 3.63. The van der Waals surface area contributed by atoms with Gasteiger partial charge >= 0.3 is 0 Å². The van der Waals surface area contributed by atoms with Crippen LogP contribution in [-0.4, -0.2) is 43.8 Å². The zero-order valence-electron chi connectivity index (χ0n) is 12.9. The molecule has 0 aliphatic rings. The van der Waals surface area contributed by atoms with Crippen LogP contribution >= 0.6 is 0 Å². The Bertz CT molecular complexity index is 395. The summed E-state index contributed by atoms with van der Waals surface area (Å²) in [6.45, 7) is 2.06. The molecular formula is C16H26F2N2O. The van der Waals surface area contributed by atoms with E-state index in [2.05, 4.69) is 10.2 Å². The van der Waals surface area contributed by atoms with Gasteiger partial charge in [0, 0.05) is 18.7 Å². The first kappa shape index (κ1) is 18.0. The van der Waals surface area contributed by atoms with Gasteiger partial charge < -0.3 is 15.3 Å². The minimum absolute atomic E-state index is 0.0601. The number of benzene rings is 1. The van der Waals surface area contributed by atoms with E-state index in [-0.39, 0.29) is 12.6 Å². The minimum Gasteiger partial charge on any atom is -0.396 e. The number of nitrogens with zero attached hydrogens (tertiary/aromatic N) is 1. The second-order valence-corrected chi connectivity index (χ2v) is 5.42. The predicted molar refractivity (Wildman–Crippen MR) is 81.2 cm³/mol. The van der Waals surface area contributed by atoms with E-state index in [1.54, 1.807) is 7.05 Å². The molecule has 0 bridgehead atoms. The van der Waals surface area contributed by atoms with Gasteiger partial charge in [-0.1, -0.05) is 0 Å². The van der Waals surface area contributed by atoms with Crippen molar-refractivity contribution >= 4 is 0 Å². The van der Waals surface area contributed by atoms with Gasteiger partial charge in [-0.25, -0.2) is 8.78 Å². The summed E-state index contributed by atoms with van der Waals surface area (Å²) < 4.78 is 26.5. The number of hydrogen-bond donors (Lipinski definition) is 2. The van der Waals surface area contributed by atoms with E-state index in [0.29, 0.717) is 5.56 Å². The lowest BCUT2D eigenvalue weighted by Crippen LogP contribution is -2.26. The standard InChI is InChI=1S/C16H26F2N2O/c1-19-16(13-10-14(17)12-15(18)11-13)6-8-20(2)7-4-3-5-9-21/h10-12,16,19,21H,3-9H2,1-2H3. The lowest BCUT2D eigenvalue weighted by Gasteiger charge is -2.22. The maximum atomic E-state index is 13.3. The number of aliphatic hydroxyl groups is 1. The molecule has 21 heavy (non-hydrogen) atoms. The first-order valence-corrected chi connectivity index (χ1v) is 7.49. The molecular weight excluding hydrogens is 274 g/mol. The molecule has 1 aromatic carbocycles. The van der Waals surface area contributed by atoms with Gasteiger partial charge in [0.25, 0.3) is 0 Å². The van der Waals surface area contributed by atoms with Crippen molar-refractivity contribution in [3.8, 4) is 0 Å². The van der Waals surface area contributed by atoms with Crippen LogP contribution in [0.25, 0.3) is 0 Å². The van der Waals surface area contributed by atoms with Gasteiger partial charge in [-0.2, -0.15) is 0 Å². The van der Waals surface area contributed by atoms with Gasteiger partial charge in [-0.15, -0.1) is 0 Å². The van der Waals surface area contributed by atoms with Gasteiger partial charge in [0.2, 0.25) is 0 Å². The first-order valence-electron chi connectivity index (χ1n) is 7.49. The summed E-state index contributed by atoms with van der Waals surface area (Å²) in [4.78, 5) is 2.21. The molecule has 0 fully saturated rings. The largest absolute Gasteiger partial charge is 0.396 e. The van der Waals surface area contributed by atoms with Crippen LogP contribution in [0.3, 0.4) is 0 Å². The summed E-state index contributed by atoms with van der Waals surface area (Å²) in [5.74, 6) is -1.08. The Hall–Kier alpha value is -1.04. The molecule has 0 aromatic heterocycles. The molecule has 0 aliphatic carbocycles. The van der Waals surface area contributed by atoms with E-state index in [4.69, 9.17) is 5.11 Å². The maximum Gasteiger partial charge on any atom is 0.126 e. The average molecular weight is 300 g/mol. The van der Waals surface area contributed by atoms with Crippen molar-refractivity contribution < 1.29 is 13.9 Å². The number of aliphatic hydroxyl groups excluding tert-OH is 1. The number of unbranched alkanes of at least 4 members (excludes halogenated alkanes) is 2. The lowest BCUT2D eigenvalue weighted by atomic mass is 10.0. The van der Waals surface area contributed by atoms with Crippen molar-refractivity contribution in [2.45, 2.75) is 31.7 Å². The molecule has 2 N–H and O–H groups in total. The number of nitrogens with one attached hydrogen (secondary N) is 1.